The van der Waals surface area contributed by atoms with Gasteiger partial charge in [-0.05, 0) is 50.2 Å². The van der Waals surface area contributed by atoms with E-state index in [0.29, 0.717) is 11.4 Å². The number of nitrogens with zero attached hydrogens (tertiary/aromatic N) is 3. The molecule has 0 aliphatic heterocycles. The maximum Gasteiger partial charge on any atom is 0.186 e. The number of para-hydroxylation sites is 1. The van der Waals surface area contributed by atoms with Crippen LogP contribution in [0.3, 0.4) is 0 Å². The number of hydrogen-bond acceptors (Lipinski definition) is 6. The van der Waals surface area contributed by atoms with E-state index in [4.69, 9.17) is 10.1 Å². The number of carbonyl (C=O) groups is 1. The molecule has 6 nitrogen and oxygen atoms in total. The summed E-state index contributed by atoms with van der Waals surface area (Å²) in [6, 6.07) is 25.4. The number of benzene rings is 3. The molecule has 0 heterocycles. The first-order chi connectivity index (χ1) is 16.3. The summed E-state index contributed by atoms with van der Waals surface area (Å²) in [5.74, 6) is -0.0754. The zero-order valence-electron chi connectivity index (χ0n) is 20.0. The minimum atomic E-state index is -0.523. The summed E-state index contributed by atoms with van der Waals surface area (Å²) in [5, 5.41) is 9.24. The summed E-state index contributed by atoms with van der Waals surface area (Å²) in [7, 11) is 0. The standard InChI is InChI=1S/C28H29N5O/c1-19-10-14-22(15-11-19)30-32-25-24(34)18-28(3,4)27(26(25)29-21-8-6-5-7-9-21)33-31-23-16-12-20(2)13-17-23/h5-17,30-31H,18H2,1-4H3/b29-26?,32-25+,33-27-. The molecule has 0 amide bonds. The monoisotopic (exact) mass is 451 g/mol. The average molecular weight is 452 g/mol. The number of rotatable bonds is 5. The van der Waals surface area contributed by atoms with Crippen LogP contribution in [-0.4, -0.2) is 22.9 Å². The summed E-state index contributed by atoms with van der Waals surface area (Å²) < 4.78 is 0. The molecule has 3 aromatic rings. The molecule has 0 unspecified atom stereocenters. The summed E-state index contributed by atoms with van der Waals surface area (Å²) in [6.07, 6.45) is 0.281. The summed E-state index contributed by atoms with van der Waals surface area (Å²) in [6.45, 7) is 8.08. The Hall–Kier alpha value is -4.06. The number of carbonyl (C=O) groups excluding carboxylic acids is 1. The molecule has 4 rings (SSSR count). The number of nitrogens with one attached hydrogen (secondary N) is 2. The van der Waals surface area contributed by atoms with E-state index in [2.05, 4.69) is 16.0 Å². The highest BCUT2D eigenvalue weighted by atomic mass is 16.1. The molecule has 1 saturated carbocycles. The number of Topliss-reactive ketones (excluding diaryl/α,β-unsaturated/α-hetero) is 1. The molecule has 172 valence electrons. The van der Waals surface area contributed by atoms with Crippen LogP contribution in [-0.2, 0) is 4.79 Å². The molecule has 0 atom stereocenters. The van der Waals surface area contributed by atoms with Crippen LogP contribution in [0.15, 0.2) is 94.1 Å². The first-order valence-corrected chi connectivity index (χ1v) is 11.3. The molecule has 0 saturated heterocycles. The van der Waals surface area contributed by atoms with Crippen LogP contribution in [0.1, 0.15) is 31.4 Å². The van der Waals surface area contributed by atoms with Crippen molar-refractivity contribution in [1.82, 2.24) is 0 Å². The van der Waals surface area contributed by atoms with Crippen LogP contribution >= 0.6 is 0 Å². The normalized spacial score (nSPS) is 18.9. The third-order valence-electron chi connectivity index (χ3n) is 5.65. The van der Waals surface area contributed by atoms with Gasteiger partial charge in [-0.2, -0.15) is 10.2 Å². The molecule has 1 aliphatic rings. The fourth-order valence-corrected chi connectivity index (χ4v) is 3.69. The molecule has 0 radical (unpaired) electrons. The van der Waals surface area contributed by atoms with Crippen molar-refractivity contribution in [2.24, 2.45) is 20.6 Å². The Morgan fingerprint density at radius 2 is 1.24 bits per heavy atom. The van der Waals surface area contributed by atoms with Gasteiger partial charge in [-0.3, -0.25) is 15.6 Å². The highest BCUT2D eigenvalue weighted by Crippen LogP contribution is 2.31. The van der Waals surface area contributed by atoms with Crippen LogP contribution in [0, 0.1) is 19.3 Å². The van der Waals surface area contributed by atoms with Gasteiger partial charge in [-0.1, -0.05) is 67.4 Å². The minimum Gasteiger partial charge on any atom is -0.292 e. The Bertz CT molecular complexity index is 1250. The van der Waals surface area contributed by atoms with Crippen LogP contribution in [0.5, 0.6) is 0 Å². The molecule has 0 aromatic heterocycles. The highest BCUT2D eigenvalue weighted by molar-refractivity contribution is 6.84. The van der Waals surface area contributed by atoms with Crippen molar-refractivity contribution in [2.75, 3.05) is 10.9 Å². The molecular formula is C28H29N5O. The smallest absolute Gasteiger partial charge is 0.186 e. The fraction of sp³-hybridized carbons (Fsp3) is 0.214. The van der Waals surface area contributed by atoms with Gasteiger partial charge < -0.3 is 0 Å². The van der Waals surface area contributed by atoms with Crippen molar-refractivity contribution < 1.29 is 4.79 Å². The lowest BCUT2D eigenvalue weighted by molar-refractivity contribution is -0.114. The lowest BCUT2D eigenvalue weighted by Gasteiger charge is -2.32. The van der Waals surface area contributed by atoms with Gasteiger partial charge in [0.25, 0.3) is 0 Å². The van der Waals surface area contributed by atoms with E-state index >= 15 is 0 Å². The maximum absolute atomic E-state index is 13.2. The van der Waals surface area contributed by atoms with Gasteiger partial charge in [0.05, 0.1) is 22.8 Å². The van der Waals surface area contributed by atoms with Gasteiger partial charge in [-0.15, -0.1) is 0 Å². The van der Waals surface area contributed by atoms with Crippen molar-refractivity contribution in [3.05, 3.63) is 90.0 Å². The Kier molecular flexibility index (Phi) is 6.68. The van der Waals surface area contributed by atoms with E-state index in [-0.39, 0.29) is 17.9 Å². The fourth-order valence-electron chi connectivity index (χ4n) is 3.69. The summed E-state index contributed by atoms with van der Waals surface area (Å²) in [4.78, 5) is 18.1. The number of ketones is 1. The van der Waals surface area contributed by atoms with Gasteiger partial charge in [-0.25, -0.2) is 4.99 Å². The Morgan fingerprint density at radius 1 is 0.706 bits per heavy atom. The van der Waals surface area contributed by atoms with Crippen molar-refractivity contribution in [1.29, 1.82) is 0 Å². The quantitative estimate of drug-likeness (QED) is 0.446. The second kappa shape index (κ2) is 9.83. The van der Waals surface area contributed by atoms with E-state index in [0.717, 1.165) is 22.6 Å². The Morgan fingerprint density at radius 3 is 1.79 bits per heavy atom. The van der Waals surface area contributed by atoms with Crippen molar-refractivity contribution in [3.8, 4) is 0 Å². The largest absolute Gasteiger partial charge is 0.292 e. The average Bonchev–Trinajstić information content (AvgIpc) is 2.81. The van der Waals surface area contributed by atoms with E-state index in [1.54, 1.807) is 0 Å². The molecule has 6 heteroatoms. The molecule has 3 aromatic carbocycles. The van der Waals surface area contributed by atoms with Gasteiger partial charge in [0, 0.05) is 11.8 Å². The van der Waals surface area contributed by atoms with Crippen LogP contribution in [0.25, 0.3) is 0 Å². The van der Waals surface area contributed by atoms with Crippen LogP contribution in [0.4, 0.5) is 17.1 Å². The zero-order valence-corrected chi connectivity index (χ0v) is 20.0. The number of anilines is 2. The van der Waals surface area contributed by atoms with Crippen LogP contribution in [0.2, 0.25) is 0 Å². The molecule has 1 aliphatic carbocycles. The Balaban J connectivity index is 1.77. The Labute approximate surface area is 200 Å². The molecular weight excluding hydrogens is 422 g/mol. The molecule has 2 N–H and O–H groups in total. The SMILES string of the molecule is Cc1ccc(N/N=C2\C(=O)CC(C)(C)/C(=N\Nc3ccc(C)cc3)C2=Nc2ccccc2)cc1. The summed E-state index contributed by atoms with van der Waals surface area (Å²) >= 11 is 0. The van der Waals surface area contributed by atoms with Gasteiger partial charge in [0.15, 0.2) is 11.5 Å². The maximum atomic E-state index is 13.2. The van der Waals surface area contributed by atoms with Gasteiger partial charge in [0.1, 0.15) is 5.71 Å². The zero-order chi connectivity index (χ0) is 24.1. The second-order valence-electron chi connectivity index (χ2n) is 9.16. The van der Waals surface area contributed by atoms with E-state index in [1.165, 1.54) is 5.56 Å². The van der Waals surface area contributed by atoms with E-state index in [1.807, 2.05) is 107 Å². The highest BCUT2D eigenvalue weighted by Gasteiger charge is 2.42. The summed E-state index contributed by atoms with van der Waals surface area (Å²) in [5.41, 5.74) is 11.8. The van der Waals surface area contributed by atoms with E-state index < -0.39 is 5.41 Å². The number of hydrazone groups is 2. The third-order valence-corrected chi connectivity index (χ3v) is 5.65. The van der Waals surface area contributed by atoms with Crippen molar-refractivity contribution in [3.63, 3.8) is 0 Å². The van der Waals surface area contributed by atoms with Gasteiger partial charge in [0.2, 0.25) is 0 Å². The van der Waals surface area contributed by atoms with Crippen molar-refractivity contribution in [2.45, 2.75) is 34.1 Å². The minimum absolute atomic E-state index is 0.0754. The first-order valence-electron chi connectivity index (χ1n) is 11.3. The topological polar surface area (TPSA) is 78.2 Å². The molecule has 0 bridgehead atoms. The molecule has 1 fully saturated rings. The van der Waals surface area contributed by atoms with E-state index in [9.17, 15) is 4.79 Å². The first kappa shape index (κ1) is 23.1. The van der Waals surface area contributed by atoms with Crippen LogP contribution < -0.4 is 10.9 Å². The number of aryl methyl sites for hydroxylation is 2. The van der Waals surface area contributed by atoms with Crippen molar-refractivity contribution >= 4 is 40.0 Å². The lowest BCUT2D eigenvalue weighted by Crippen LogP contribution is -2.47. The number of hydrogen-bond donors (Lipinski definition) is 2. The predicted molar refractivity (Wildman–Crippen MR) is 141 cm³/mol. The second-order valence-corrected chi connectivity index (χ2v) is 9.16. The number of aliphatic imine (C=N–C) groups is 1. The predicted octanol–water partition coefficient (Wildman–Crippen LogP) is 6.31. The van der Waals surface area contributed by atoms with Gasteiger partial charge >= 0.3 is 0 Å². The lowest BCUT2D eigenvalue weighted by atomic mass is 9.73. The molecule has 34 heavy (non-hydrogen) atoms. The molecule has 0 spiro atoms. The third kappa shape index (κ3) is 5.46.